The summed E-state index contributed by atoms with van der Waals surface area (Å²) in [5, 5.41) is 13.6. The van der Waals surface area contributed by atoms with Crippen LogP contribution in [0, 0.1) is 22.0 Å². The molecule has 1 heterocycles. The number of benzene rings is 3. The molecule has 1 aliphatic heterocycles. The second-order valence-corrected chi connectivity index (χ2v) is 10.6. The summed E-state index contributed by atoms with van der Waals surface area (Å²) < 4.78 is 0. The molecule has 3 amide bonds. The number of nitro groups is 1. The number of carbonyl (C=O) groups excluding carboxylic acids is 3. The smallest absolute Gasteiger partial charge is 0.271 e. The predicted octanol–water partition coefficient (Wildman–Crippen LogP) is 4.52. The summed E-state index contributed by atoms with van der Waals surface area (Å²) in [6.07, 6.45) is -0.190. The Morgan fingerprint density at radius 3 is 1.81 bits per heavy atom. The largest absolute Gasteiger partial charge is 0.326 e. The third-order valence-corrected chi connectivity index (χ3v) is 8.86. The van der Waals surface area contributed by atoms with Gasteiger partial charge in [0.1, 0.15) is 9.75 Å². The van der Waals surface area contributed by atoms with E-state index in [0.29, 0.717) is 22.3 Å². The minimum atomic E-state index is -1.28. The van der Waals surface area contributed by atoms with E-state index in [1.54, 1.807) is 0 Å². The van der Waals surface area contributed by atoms with Crippen LogP contribution in [-0.2, 0) is 24.1 Å². The zero-order valence-electron chi connectivity index (χ0n) is 19.2. The molecule has 1 saturated heterocycles. The lowest BCUT2D eigenvalue weighted by Crippen LogP contribution is -2.57. The number of halogens is 2. The Labute approximate surface area is 221 Å². The summed E-state index contributed by atoms with van der Waals surface area (Å²) in [7, 11) is 0. The number of non-ortho nitro benzene ring substituents is 1. The first kappa shape index (κ1) is 23.6. The van der Waals surface area contributed by atoms with E-state index >= 15 is 0 Å². The highest BCUT2D eigenvalue weighted by molar-refractivity contribution is 6.36. The lowest BCUT2D eigenvalue weighted by Gasteiger charge is -2.54. The van der Waals surface area contributed by atoms with Gasteiger partial charge in [0, 0.05) is 30.8 Å². The summed E-state index contributed by atoms with van der Waals surface area (Å²) in [6, 6.07) is 20.2. The normalized spacial score (nSPS) is 26.9. The molecule has 1 fully saturated rings. The Morgan fingerprint density at radius 2 is 1.35 bits per heavy atom. The second kappa shape index (κ2) is 8.13. The maximum atomic E-state index is 13.8. The van der Waals surface area contributed by atoms with E-state index in [2.05, 4.69) is 5.32 Å². The van der Waals surface area contributed by atoms with Crippen molar-refractivity contribution >= 4 is 52.3 Å². The number of nitro benzene ring substituents is 1. The Kier molecular flexibility index (Phi) is 5.19. The number of nitrogens with zero attached hydrogens (tertiary/aromatic N) is 2. The van der Waals surface area contributed by atoms with Crippen LogP contribution in [0.2, 0.25) is 0 Å². The van der Waals surface area contributed by atoms with Crippen molar-refractivity contribution in [2.45, 2.75) is 16.2 Å². The SMILES string of the molecule is O=C(CCN1C(=O)[C@@H]2[C@H](C1=O)C1(Cl)c3ccccc3C2(Cl)c2ccccc21)Nc1cccc([N+](=O)[O-])c1. The van der Waals surface area contributed by atoms with Crippen molar-refractivity contribution in [2.24, 2.45) is 11.8 Å². The van der Waals surface area contributed by atoms with Gasteiger partial charge in [-0.25, -0.2) is 0 Å². The van der Waals surface area contributed by atoms with E-state index in [-0.39, 0.29) is 24.3 Å². The quantitative estimate of drug-likeness (QED) is 0.223. The third-order valence-electron chi connectivity index (χ3n) is 7.58. The molecule has 0 spiro atoms. The van der Waals surface area contributed by atoms with Crippen LogP contribution in [0.15, 0.2) is 72.8 Å². The number of hydrogen-bond acceptors (Lipinski definition) is 5. The first-order chi connectivity index (χ1) is 17.7. The Hall–Kier alpha value is -3.75. The van der Waals surface area contributed by atoms with E-state index < -0.39 is 44.2 Å². The summed E-state index contributed by atoms with van der Waals surface area (Å²) in [6.45, 7) is -0.169. The van der Waals surface area contributed by atoms with E-state index in [9.17, 15) is 24.5 Å². The van der Waals surface area contributed by atoms with Crippen LogP contribution in [0.25, 0.3) is 0 Å². The Bertz CT molecular complexity index is 1400. The van der Waals surface area contributed by atoms with E-state index in [4.69, 9.17) is 23.2 Å². The van der Waals surface area contributed by atoms with Crippen molar-refractivity contribution < 1.29 is 19.3 Å². The third kappa shape index (κ3) is 3.12. The lowest BCUT2D eigenvalue weighted by atomic mass is 9.54. The summed E-state index contributed by atoms with van der Waals surface area (Å²) in [5.74, 6) is -3.29. The maximum Gasteiger partial charge on any atom is 0.271 e. The molecule has 0 radical (unpaired) electrons. The highest BCUT2D eigenvalue weighted by Gasteiger charge is 2.72. The number of likely N-dealkylation sites (tertiary alicyclic amines) is 1. The fourth-order valence-corrected chi connectivity index (χ4v) is 7.18. The molecule has 2 atom stereocenters. The molecule has 0 aromatic heterocycles. The van der Waals surface area contributed by atoms with Crippen LogP contribution in [-0.4, -0.2) is 34.1 Å². The van der Waals surface area contributed by atoms with Gasteiger partial charge in [-0.3, -0.25) is 29.4 Å². The Balaban J connectivity index is 1.31. The van der Waals surface area contributed by atoms with Crippen LogP contribution < -0.4 is 5.32 Å². The van der Waals surface area contributed by atoms with Gasteiger partial charge in [0.05, 0.1) is 16.8 Å². The molecular weight excluding hydrogens is 517 g/mol. The highest BCUT2D eigenvalue weighted by Crippen LogP contribution is 2.69. The molecule has 0 unspecified atom stereocenters. The highest BCUT2D eigenvalue weighted by atomic mass is 35.5. The lowest BCUT2D eigenvalue weighted by molar-refractivity contribution is -0.384. The van der Waals surface area contributed by atoms with Crippen LogP contribution in [0.1, 0.15) is 28.7 Å². The van der Waals surface area contributed by atoms with E-state index in [0.717, 1.165) is 4.90 Å². The van der Waals surface area contributed by atoms with Crippen molar-refractivity contribution in [3.8, 4) is 0 Å². The van der Waals surface area contributed by atoms with Crippen molar-refractivity contribution in [3.05, 3.63) is 105 Å². The number of anilines is 1. The van der Waals surface area contributed by atoms with E-state index in [1.807, 2.05) is 48.5 Å². The number of amides is 3. The van der Waals surface area contributed by atoms with Crippen molar-refractivity contribution in [1.82, 2.24) is 4.90 Å². The minimum absolute atomic E-state index is 0.166. The van der Waals surface area contributed by atoms with Gasteiger partial charge in [0.25, 0.3) is 5.69 Å². The first-order valence-corrected chi connectivity index (χ1v) is 12.4. The van der Waals surface area contributed by atoms with Crippen molar-refractivity contribution in [3.63, 3.8) is 0 Å². The molecule has 0 saturated carbocycles. The fourth-order valence-electron chi connectivity index (χ4n) is 6.08. The summed E-state index contributed by atoms with van der Waals surface area (Å²) in [5.41, 5.74) is 2.91. The standard InChI is InChI=1S/C27H19Cl2N3O5/c28-26-17-8-1-2-9-18(17)27(29,20-11-4-3-10-19(20)26)23-22(26)24(34)31(25(23)35)13-12-21(33)30-15-6-5-7-16(14-15)32(36)37/h1-11,14,22-23H,12-13H2,(H,30,33)/t22-,23+,26?,27?. The molecule has 7 rings (SSSR count). The number of rotatable bonds is 5. The van der Waals surface area contributed by atoms with Crippen molar-refractivity contribution in [1.29, 1.82) is 0 Å². The molecule has 37 heavy (non-hydrogen) atoms. The number of carbonyl (C=O) groups is 3. The van der Waals surface area contributed by atoms with Gasteiger partial charge in [-0.15, -0.1) is 23.2 Å². The van der Waals surface area contributed by atoms with Gasteiger partial charge in [0.15, 0.2) is 0 Å². The monoisotopic (exact) mass is 535 g/mol. The van der Waals surface area contributed by atoms with Gasteiger partial charge in [0.2, 0.25) is 17.7 Å². The fraction of sp³-hybridized carbons (Fsp3) is 0.222. The average Bonchev–Trinajstić information content (AvgIpc) is 3.16. The molecule has 10 heteroatoms. The number of hydrogen-bond donors (Lipinski definition) is 1. The predicted molar refractivity (Wildman–Crippen MR) is 136 cm³/mol. The van der Waals surface area contributed by atoms with Gasteiger partial charge >= 0.3 is 0 Å². The molecule has 4 aliphatic rings. The number of nitrogens with one attached hydrogen (secondary N) is 1. The molecule has 3 aromatic carbocycles. The van der Waals surface area contributed by atoms with Gasteiger partial charge in [-0.05, 0) is 28.3 Å². The van der Waals surface area contributed by atoms with Crippen LogP contribution >= 0.6 is 23.2 Å². The summed E-state index contributed by atoms with van der Waals surface area (Å²) >= 11 is 14.7. The first-order valence-electron chi connectivity index (χ1n) is 11.7. The van der Waals surface area contributed by atoms with E-state index in [1.165, 1.54) is 24.3 Å². The average molecular weight is 536 g/mol. The zero-order chi connectivity index (χ0) is 26.1. The molecule has 3 aliphatic carbocycles. The summed E-state index contributed by atoms with van der Waals surface area (Å²) in [4.78, 5) is 49.1. The molecular formula is C27H19Cl2N3O5. The molecule has 2 bridgehead atoms. The van der Waals surface area contributed by atoms with Crippen LogP contribution in [0.3, 0.4) is 0 Å². The van der Waals surface area contributed by atoms with Gasteiger partial charge in [-0.1, -0.05) is 54.6 Å². The van der Waals surface area contributed by atoms with Gasteiger partial charge in [-0.2, -0.15) is 0 Å². The minimum Gasteiger partial charge on any atom is -0.326 e. The number of imide groups is 1. The topological polar surface area (TPSA) is 110 Å². The van der Waals surface area contributed by atoms with Crippen LogP contribution in [0.5, 0.6) is 0 Å². The zero-order valence-corrected chi connectivity index (χ0v) is 20.7. The Morgan fingerprint density at radius 1 is 0.865 bits per heavy atom. The molecule has 1 N–H and O–H groups in total. The molecule has 186 valence electrons. The maximum absolute atomic E-state index is 13.8. The van der Waals surface area contributed by atoms with Crippen molar-refractivity contribution in [2.75, 3.05) is 11.9 Å². The molecule has 3 aromatic rings. The van der Waals surface area contributed by atoms with Gasteiger partial charge < -0.3 is 5.32 Å². The molecule has 8 nitrogen and oxygen atoms in total. The van der Waals surface area contributed by atoms with Crippen LogP contribution in [0.4, 0.5) is 11.4 Å². The second-order valence-electron chi connectivity index (χ2n) is 9.40. The number of alkyl halides is 2.